The van der Waals surface area contributed by atoms with Crippen molar-refractivity contribution >= 4 is 23.3 Å². The van der Waals surface area contributed by atoms with Crippen LogP contribution in [-0.2, 0) is 19.2 Å². The number of Topliss-reactive ketones (excluding diaryl/α,β-unsaturated/α-hetero) is 3. The Hall–Kier alpha value is -1.90. The second-order valence-corrected chi connectivity index (χ2v) is 14.0. The first kappa shape index (κ1) is 29.1. The fourth-order valence-electron chi connectivity index (χ4n) is 9.13. The molecule has 8 heteroatoms. The van der Waals surface area contributed by atoms with Crippen LogP contribution in [0.5, 0.6) is 0 Å². The number of carbonyl (C=O) groups is 4. The molecule has 2 saturated carbocycles. The Morgan fingerprint density at radius 1 is 1.00 bits per heavy atom. The molecule has 4 aliphatic carbocycles. The first-order chi connectivity index (χ1) is 17.4. The maximum atomic E-state index is 14.1. The standard InChI is InChI=1S/C30H44O8/c1-14(10-16(31)11-15(2)26(37)38)17-12-21(34)30(7)22-18(32)13-19-27(3,4)20(33)8-9-28(19,5)23(22)24(35)25(36)29(17,30)6/h14-15,17-20,25,32-33,36H,8-13H2,1-7H3,(H,37,38). The number of rotatable bonds is 6. The van der Waals surface area contributed by atoms with Crippen LogP contribution in [0.1, 0.15) is 87.0 Å². The highest BCUT2D eigenvalue weighted by molar-refractivity contribution is 6.07. The minimum absolute atomic E-state index is 0.0441. The van der Waals surface area contributed by atoms with Crippen molar-refractivity contribution in [2.24, 2.45) is 45.3 Å². The summed E-state index contributed by atoms with van der Waals surface area (Å²) < 4.78 is 0. The number of fused-ring (bicyclic) bond motifs is 4. The minimum atomic E-state index is -1.49. The van der Waals surface area contributed by atoms with Gasteiger partial charge in [0, 0.05) is 30.3 Å². The van der Waals surface area contributed by atoms with Gasteiger partial charge in [0.1, 0.15) is 17.7 Å². The molecule has 10 unspecified atom stereocenters. The first-order valence-electron chi connectivity index (χ1n) is 14.0. The van der Waals surface area contributed by atoms with Gasteiger partial charge in [0.2, 0.25) is 0 Å². The number of aliphatic hydroxyl groups is 3. The number of carboxylic acids is 1. The molecule has 0 spiro atoms. The van der Waals surface area contributed by atoms with Gasteiger partial charge in [-0.15, -0.1) is 0 Å². The van der Waals surface area contributed by atoms with E-state index in [1.165, 1.54) is 6.92 Å². The third kappa shape index (κ3) is 3.66. The molecule has 4 N–H and O–H groups in total. The third-order valence-corrected chi connectivity index (χ3v) is 11.7. The van der Waals surface area contributed by atoms with E-state index in [9.17, 15) is 39.6 Å². The van der Waals surface area contributed by atoms with E-state index in [4.69, 9.17) is 0 Å². The number of ketones is 3. The molecule has 0 aromatic carbocycles. The Balaban J connectivity index is 1.79. The number of carbonyl (C=O) groups excluding carboxylic acids is 3. The highest BCUT2D eigenvalue weighted by Crippen LogP contribution is 2.70. The lowest BCUT2D eigenvalue weighted by molar-refractivity contribution is -0.159. The summed E-state index contributed by atoms with van der Waals surface area (Å²) in [5.74, 6) is -3.81. The second kappa shape index (κ2) is 9.07. The fraction of sp³-hybridized carbons (Fsp3) is 0.800. The van der Waals surface area contributed by atoms with E-state index in [0.29, 0.717) is 30.4 Å². The number of aliphatic hydroxyl groups excluding tert-OH is 3. The zero-order valence-electron chi connectivity index (χ0n) is 23.7. The molecule has 0 aromatic heterocycles. The predicted molar refractivity (Wildman–Crippen MR) is 139 cm³/mol. The Morgan fingerprint density at radius 3 is 2.18 bits per heavy atom. The molecule has 0 aromatic rings. The van der Waals surface area contributed by atoms with Gasteiger partial charge in [-0.1, -0.05) is 41.5 Å². The van der Waals surface area contributed by atoms with Gasteiger partial charge >= 0.3 is 5.97 Å². The van der Waals surface area contributed by atoms with E-state index >= 15 is 0 Å². The predicted octanol–water partition coefficient (Wildman–Crippen LogP) is 3.10. The summed E-state index contributed by atoms with van der Waals surface area (Å²) in [5.41, 5.74) is -3.00. The fourth-order valence-corrected chi connectivity index (χ4v) is 9.13. The van der Waals surface area contributed by atoms with Crippen molar-refractivity contribution in [2.45, 2.75) is 105 Å². The molecule has 0 amide bonds. The van der Waals surface area contributed by atoms with Gasteiger partial charge in [-0.3, -0.25) is 19.2 Å². The number of hydrogen-bond acceptors (Lipinski definition) is 7. The van der Waals surface area contributed by atoms with Crippen molar-refractivity contribution in [1.82, 2.24) is 0 Å². The average Bonchev–Trinajstić information content (AvgIpc) is 3.03. The average molecular weight is 533 g/mol. The van der Waals surface area contributed by atoms with E-state index in [2.05, 4.69) is 0 Å². The zero-order chi connectivity index (χ0) is 28.7. The molecule has 8 nitrogen and oxygen atoms in total. The van der Waals surface area contributed by atoms with Crippen molar-refractivity contribution in [3.8, 4) is 0 Å². The summed E-state index contributed by atoms with van der Waals surface area (Å²) in [6.45, 7) is 12.7. The van der Waals surface area contributed by atoms with Crippen LogP contribution in [-0.4, -0.2) is 62.1 Å². The molecule has 4 aliphatic rings. The van der Waals surface area contributed by atoms with E-state index in [-0.39, 0.29) is 42.7 Å². The summed E-state index contributed by atoms with van der Waals surface area (Å²) in [5, 5.41) is 43.3. The summed E-state index contributed by atoms with van der Waals surface area (Å²) in [7, 11) is 0. The van der Waals surface area contributed by atoms with Crippen LogP contribution < -0.4 is 0 Å². The van der Waals surface area contributed by atoms with Gasteiger partial charge in [0.25, 0.3) is 0 Å². The van der Waals surface area contributed by atoms with Gasteiger partial charge in [-0.05, 0) is 60.3 Å². The molecule has 0 bridgehead atoms. The van der Waals surface area contributed by atoms with E-state index in [1.807, 2.05) is 27.7 Å². The molecular weight excluding hydrogens is 488 g/mol. The molecule has 0 radical (unpaired) electrons. The van der Waals surface area contributed by atoms with Crippen LogP contribution in [0.4, 0.5) is 0 Å². The van der Waals surface area contributed by atoms with Crippen LogP contribution >= 0.6 is 0 Å². The second-order valence-electron chi connectivity index (χ2n) is 14.0. The molecule has 0 saturated heterocycles. The molecule has 2 fully saturated rings. The molecular formula is C30H44O8. The van der Waals surface area contributed by atoms with E-state index < -0.39 is 63.6 Å². The molecule has 0 aliphatic heterocycles. The largest absolute Gasteiger partial charge is 0.481 e. The lowest BCUT2D eigenvalue weighted by atomic mass is 9.42. The number of aliphatic carboxylic acids is 1. The summed E-state index contributed by atoms with van der Waals surface area (Å²) >= 11 is 0. The van der Waals surface area contributed by atoms with Crippen molar-refractivity contribution < 1.29 is 39.6 Å². The Bertz CT molecular complexity index is 1110. The summed E-state index contributed by atoms with van der Waals surface area (Å²) in [4.78, 5) is 52.0. The van der Waals surface area contributed by atoms with Gasteiger partial charge in [0.05, 0.1) is 23.5 Å². The molecule has 212 valence electrons. The third-order valence-electron chi connectivity index (χ3n) is 11.7. The van der Waals surface area contributed by atoms with Crippen LogP contribution in [0.25, 0.3) is 0 Å². The smallest absolute Gasteiger partial charge is 0.306 e. The Labute approximate surface area is 224 Å². The van der Waals surface area contributed by atoms with Crippen LogP contribution in [0.3, 0.4) is 0 Å². The number of hydrogen-bond donors (Lipinski definition) is 4. The van der Waals surface area contributed by atoms with Crippen molar-refractivity contribution in [2.75, 3.05) is 0 Å². The van der Waals surface area contributed by atoms with Gasteiger partial charge in [-0.2, -0.15) is 0 Å². The lowest BCUT2D eigenvalue weighted by Crippen LogP contribution is -2.64. The van der Waals surface area contributed by atoms with E-state index in [0.717, 1.165) is 0 Å². The monoisotopic (exact) mass is 532 g/mol. The van der Waals surface area contributed by atoms with Crippen LogP contribution in [0.15, 0.2) is 11.1 Å². The molecule has 38 heavy (non-hydrogen) atoms. The van der Waals surface area contributed by atoms with Crippen molar-refractivity contribution in [3.63, 3.8) is 0 Å². The zero-order valence-corrected chi connectivity index (χ0v) is 23.7. The summed E-state index contributed by atoms with van der Waals surface area (Å²) in [6.07, 6.45) is -1.84. The SMILES string of the molecule is CC(CC(=O)CC(C)C1CC(=O)C2(C)C3=C(C(=O)C(O)C12C)C1(C)CCC(O)C(C)(C)C1CC3O)C(=O)O. The first-order valence-corrected chi connectivity index (χ1v) is 14.0. The maximum Gasteiger partial charge on any atom is 0.306 e. The Kier molecular flexibility index (Phi) is 6.94. The normalized spacial score (nSPS) is 43.7. The number of carboxylic acid groups (broad SMARTS) is 1. The molecule has 0 heterocycles. The van der Waals surface area contributed by atoms with Gasteiger partial charge in [0.15, 0.2) is 5.78 Å². The highest BCUT2D eigenvalue weighted by Gasteiger charge is 2.73. The van der Waals surface area contributed by atoms with Crippen LogP contribution in [0, 0.1) is 45.3 Å². The van der Waals surface area contributed by atoms with Gasteiger partial charge < -0.3 is 20.4 Å². The lowest BCUT2D eigenvalue weighted by Gasteiger charge is -2.62. The quantitative estimate of drug-likeness (QED) is 0.408. The van der Waals surface area contributed by atoms with E-state index in [1.54, 1.807) is 13.8 Å². The minimum Gasteiger partial charge on any atom is -0.481 e. The van der Waals surface area contributed by atoms with Crippen molar-refractivity contribution in [3.05, 3.63) is 11.1 Å². The Morgan fingerprint density at radius 2 is 1.61 bits per heavy atom. The van der Waals surface area contributed by atoms with Gasteiger partial charge in [-0.25, -0.2) is 0 Å². The topological polar surface area (TPSA) is 149 Å². The maximum absolute atomic E-state index is 14.1. The van der Waals surface area contributed by atoms with Crippen molar-refractivity contribution in [1.29, 1.82) is 0 Å². The molecule has 4 rings (SSSR count). The highest BCUT2D eigenvalue weighted by atomic mass is 16.4. The van der Waals surface area contributed by atoms with Crippen LogP contribution in [0.2, 0.25) is 0 Å². The molecule has 10 atom stereocenters. The summed E-state index contributed by atoms with van der Waals surface area (Å²) in [6, 6.07) is 0.